The number of para-hydroxylation sites is 1. The zero-order chi connectivity index (χ0) is 19.5. The molecular weight excluding hydrogens is 399 g/mol. The number of nitrogens with zero attached hydrogens (tertiary/aromatic N) is 5. The van der Waals surface area contributed by atoms with E-state index in [9.17, 15) is 0 Å². The first kappa shape index (κ1) is 18.7. The fourth-order valence-electron chi connectivity index (χ4n) is 2.97. The lowest BCUT2D eigenvalue weighted by molar-refractivity contribution is 0.122. The lowest BCUT2D eigenvalue weighted by atomic mass is 10.2. The Labute approximate surface area is 172 Å². The molecule has 7 nitrogen and oxygen atoms in total. The summed E-state index contributed by atoms with van der Waals surface area (Å²) in [5, 5.41) is 1.07. The minimum absolute atomic E-state index is 0.130. The lowest BCUT2D eigenvalue weighted by Gasteiger charge is -2.29. The van der Waals surface area contributed by atoms with Gasteiger partial charge in [-0.1, -0.05) is 41.4 Å². The van der Waals surface area contributed by atoms with Gasteiger partial charge in [-0.25, -0.2) is 0 Å². The van der Waals surface area contributed by atoms with Crippen molar-refractivity contribution in [2.75, 3.05) is 41.8 Å². The highest BCUT2D eigenvalue weighted by Gasteiger charge is 2.22. The van der Waals surface area contributed by atoms with Crippen molar-refractivity contribution in [2.45, 2.75) is 0 Å². The first-order valence-electron chi connectivity index (χ1n) is 8.76. The van der Waals surface area contributed by atoms with Crippen LogP contribution in [0.4, 0.5) is 29.2 Å². The van der Waals surface area contributed by atoms with E-state index in [4.69, 9.17) is 33.7 Å². The van der Waals surface area contributed by atoms with Crippen molar-refractivity contribution in [2.24, 2.45) is 0 Å². The van der Waals surface area contributed by atoms with E-state index in [0.717, 1.165) is 5.69 Å². The molecule has 2 N–H and O–H groups in total. The third-order valence-corrected chi connectivity index (χ3v) is 4.84. The fourth-order valence-corrected chi connectivity index (χ4v) is 3.34. The van der Waals surface area contributed by atoms with E-state index >= 15 is 0 Å². The minimum atomic E-state index is 0.130. The van der Waals surface area contributed by atoms with Crippen molar-refractivity contribution in [3.8, 4) is 0 Å². The van der Waals surface area contributed by atoms with Gasteiger partial charge in [0.2, 0.25) is 17.8 Å². The lowest BCUT2D eigenvalue weighted by Crippen LogP contribution is -2.37. The Balaban J connectivity index is 1.85. The van der Waals surface area contributed by atoms with Crippen molar-refractivity contribution in [1.29, 1.82) is 0 Å². The normalized spacial score (nSPS) is 14.1. The van der Waals surface area contributed by atoms with Crippen LogP contribution < -0.4 is 15.5 Å². The Hall–Kier alpha value is -2.61. The number of benzene rings is 2. The second kappa shape index (κ2) is 8.18. The van der Waals surface area contributed by atoms with Crippen LogP contribution in [0.2, 0.25) is 10.0 Å². The molecule has 1 saturated heterocycles. The maximum atomic E-state index is 6.49. The molecule has 1 aliphatic rings. The molecule has 1 aromatic heterocycles. The molecule has 4 rings (SSSR count). The van der Waals surface area contributed by atoms with Gasteiger partial charge in [0.15, 0.2) is 0 Å². The molecule has 144 valence electrons. The maximum Gasteiger partial charge on any atom is 0.241 e. The number of nitrogens with two attached hydrogens (primary N) is 1. The predicted octanol–water partition coefficient (Wildman–Crippen LogP) is 4.07. The molecule has 0 amide bonds. The molecule has 0 bridgehead atoms. The van der Waals surface area contributed by atoms with Crippen LogP contribution in [0.25, 0.3) is 0 Å². The van der Waals surface area contributed by atoms with Crippen LogP contribution in [0.1, 0.15) is 0 Å². The van der Waals surface area contributed by atoms with Crippen molar-refractivity contribution >= 4 is 52.4 Å². The van der Waals surface area contributed by atoms with Gasteiger partial charge in [-0.3, -0.25) is 4.90 Å². The fraction of sp³-hybridized carbons (Fsp3) is 0.211. The van der Waals surface area contributed by atoms with Gasteiger partial charge in [-0.15, -0.1) is 0 Å². The molecule has 0 spiro atoms. The molecule has 0 aliphatic carbocycles. The number of halogens is 2. The molecular formula is C19H18Cl2N6O. The standard InChI is InChI=1S/C19H18Cl2N6O/c20-13-6-7-15(21)16(12-13)27(14-4-2-1-3-5-14)19-24-17(22)23-18(25-19)26-8-10-28-11-9-26/h1-7,12H,8-11H2,(H2,22,23,24,25). The molecule has 2 aromatic carbocycles. The van der Waals surface area contributed by atoms with E-state index in [1.807, 2.05) is 40.1 Å². The largest absolute Gasteiger partial charge is 0.378 e. The highest BCUT2D eigenvalue weighted by atomic mass is 35.5. The number of anilines is 5. The number of ether oxygens (including phenoxy) is 1. The predicted molar refractivity (Wildman–Crippen MR) is 112 cm³/mol. The number of nitrogen functional groups attached to an aromatic ring is 1. The van der Waals surface area contributed by atoms with E-state index in [2.05, 4.69) is 15.0 Å². The van der Waals surface area contributed by atoms with Crippen LogP contribution in [0.15, 0.2) is 48.5 Å². The zero-order valence-electron chi connectivity index (χ0n) is 14.9. The van der Waals surface area contributed by atoms with Gasteiger partial charge in [0.25, 0.3) is 0 Å². The number of rotatable bonds is 4. The molecule has 9 heteroatoms. The van der Waals surface area contributed by atoms with Gasteiger partial charge < -0.3 is 15.4 Å². The van der Waals surface area contributed by atoms with E-state index in [1.54, 1.807) is 18.2 Å². The summed E-state index contributed by atoms with van der Waals surface area (Å²) < 4.78 is 5.41. The molecule has 0 saturated carbocycles. The van der Waals surface area contributed by atoms with Crippen LogP contribution >= 0.6 is 23.2 Å². The third-order valence-electron chi connectivity index (χ3n) is 4.29. The molecule has 0 radical (unpaired) electrons. The smallest absolute Gasteiger partial charge is 0.241 e. The van der Waals surface area contributed by atoms with Crippen LogP contribution in [-0.2, 0) is 4.74 Å². The highest BCUT2D eigenvalue weighted by molar-refractivity contribution is 6.35. The minimum Gasteiger partial charge on any atom is -0.378 e. The van der Waals surface area contributed by atoms with Crippen LogP contribution in [0.5, 0.6) is 0 Å². The summed E-state index contributed by atoms with van der Waals surface area (Å²) in [6, 6.07) is 14.9. The van der Waals surface area contributed by atoms with Crippen molar-refractivity contribution in [3.05, 3.63) is 58.6 Å². The summed E-state index contributed by atoms with van der Waals surface area (Å²) in [6.07, 6.45) is 0. The molecule has 0 unspecified atom stereocenters. The van der Waals surface area contributed by atoms with E-state index in [1.165, 1.54) is 0 Å². The summed E-state index contributed by atoms with van der Waals surface area (Å²) in [5.41, 5.74) is 7.50. The summed E-state index contributed by atoms with van der Waals surface area (Å²) in [7, 11) is 0. The van der Waals surface area contributed by atoms with Crippen molar-refractivity contribution in [3.63, 3.8) is 0 Å². The Kier molecular flexibility index (Phi) is 5.47. The number of hydrogen-bond acceptors (Lipinski definition) is 7. The maximum absolute atomic E-state index is 6.49. The summed E-state index contributed by atoms with van der Waals surface area (Å²) in [4.78, 5) is 17.2. The topological polar surface area (TPSA) is 80.4 Å². The highest BCUT2D eigenvalue weighted by Crippen LogP contribution is 2.38. The van der Waals surface area contributed by atoms with Crippen molar-refractivity contribution in [1.82, 2.24) is 15.0 Å². The molecule has 0 atom stereocenters. The van der Waals surface area contributed by atoms with Gasteiger partial charge in [0.05, 0.1) is 23.9 Å². The van der Waals surface area contributed by atoms with Crippen LogP contribution in [-0.4, -0.2) is 41.3 Å². The number of hydrogen-bond donors (Lipinski definition) is 1. The van der Waals surface area contributed by atoms with Crippen molar-refractivity contribution < 1.29 is 4.74 Å². The van der Waals surface area contributed by atoms with E-state index in [-0.39, 0.29) is 5.95 Å². The van der Waals surface area contributed by atoms with Gasteiger partial charge in [-0.2, -0.15) is 15.0 Å². The van der Waals surface area contributed by atoms with Gasteiger partial charge in [0.1, 0.15) is 0 Å². The van der Waals surface area contributed by atoms with Gasteiger partial charge >= 0.3 is 0 Å². The molecule has 1 aliphatic heterocycles. The average molecular weight is 417 g/mol. The van der Waals surface area contributed by atoms with Gasteiger partial charge in [0, 0.05) is 23.8 Å². The summed E-state index contributed by atoms with van der Waals surface area (Å²) >= 11 is 12.7. The van der Waals surface area contributed by atoms with Gasteiger partial charge in [-0.05, 0) is 30.3 Å². The summed E-state index contributed by atoms with van der Waals surface area (Å²) in [6.45, 7) is 2.60. The number of aromatic nitrogens is 3. The molecule has 3 aromatic rings. The van der Waals surface area contributed by atoms with Crippen LogP contribution in [0.3, 0.4) is 0 Å². The molecule has 1 fully saturated rings. The Morgan fingerprint density at radius 2 is 1.71 bits per heavy atom. The molecule has 28 heavy (non-hydrogen) atoms. The first-order chi connectivity index (χ1) is 13.6. The Morgan fingerprint density at radius 1 is 0.964 bits per heavy atom. The van der Waals surface area contributed by atoms with Crippen LogP contribution in [0, 0.1) is 0 Å². The Bertz CT molecular complexity index is 966. The third kappa shape index (κ3) is 3.96. The van der Waals surface area contributed by atoms with E-state index in [0.29, 0.717) is 53.9 Å². The zero-order valence-corrected chi connectivity index (χ0v) is 16.4. The Morgan fingerprint density at radius 3 is 2.46 bits per heavy atom. The average Bonchev–Trinajstić information content (AvgIpc) is 2.72. The number of morpholine rings is 1. The first-order valence-corrected chi connectivity index (χ1v) is 9.52. The summed E-state index contributed by atoms with van der Waals surface area (Å²) in [5.74, 6) is 1.000. The quantitative estimate of drug-likeness (QED) is 0.686. The second-order valence-electron chi connectivity index (χ2n) is 6.16. The molecule has 2 heterocycles. The van der Waals surface area contributed by atoms with E-state index < -0.39 is 0 Å². The monoisotopic (exact) mass is 416 g/mol. The SMILES string of the molecule is Nc1nc(N2CCOCC2)nc(N(c2ccccc2)c2cc(Cl)ccc2Cl)n1. The second-order valence-corrected chi connectivity index (χ2v) is 7.00.